The van der Waals surface area contributed by atoms with Crippen molar-refractivity contribution in [1.82, 2.24) is 0 Å². The Morgan fingerprint density at radius 2 is 2.07 bits per heavy atom. The van der Waals surface area contributed by atoms with Crippen LogP contribution in [0.15, 0.2) is 23.1 Å². The third-order valence-electron chi connectivity index (χ3n) is 1.66. The smallest absolute Gasteiger partial charge is 0.406 e. The van der Waals surface area contributed by atoms with E-state index in [0.717, 1.165) is 0 Å². The van der Waals surface area contributed by atoms with Gasteiger partial charge in [-0.3, -0.25) is 0 Å². The summed E-state index contributed by atoms with van der Waals surface area (Å²) in [6.45, 7) is -0.206. The van der Waals surface area contributed by atoms with Gasteiger partial charge in [-0.25, -0.2) is 0 Å². The van der Waals surface area contributed by atoms with Gasteiger partial charge >= 0.3 is 6.36 Å². The van der Waals surface area contributed by atoms with Crippen molar-refractivity contribution in [1.29, 1.82) is 0 Å². The summed E-state index contributed by atoms with van der Waals surface area (Å²) in [5, 5.41) is 8.90. The monoisotopic (exact) mass is 238 g/mol. The summed E-state index contributed by atoms with van der Waals surface area (Å²) in [6, 6.07) is 3.84. The molecule has 0 aliphatic heterocycles. The highest BCUT2D eigenvalue weighted by Gasteiger charge is 2.31. The molecule has 6 heteroatoms. The molecule has 0 bridgehead atoms. The normalized spacial score (nSPS) is 11.5. The molecule has 0 spiro atoms. The summed E-state index contributed by atoms with van der Waals surface area (Å²) in [5.41, 5.74) is 0.581. The van der Waals surface area contributed by atoms with Crippen molar-refractivity contribution in [3.05, 3.63) is 23.8 Å². The molecule has 0 aromatic heterocycles. The van der Waals surface area contributed by atoms with E-state index in [-0.39, 0.29) is 12.4 Å². The Balaban J connectivity index is 2.93. The van der Waals surface area contributed by atoms with Gasteiger partial charge in [0, 0.05) is 4.90 Å². The molecule has 15 heavy (non-hydrogen) atoms. The molecule has 0 fully saturated rings. The topological polar surface area (TPSA) is 29.5 Å². The van der Waals surface area contributed by atoms with Crippen molar-refractivity contribution in [2.45, 2.75) is 17.9 Å². The van der Waals surface area contributed by atoms with Crippen molar-refractivity contribution < 1.29 is 23.0 Å². The van der Waals surface area contributed by atoms with Crippen LogP contribution in [-0.4, -0.2) is 17.7 Å². The van der Waals surface area contributed by atoms with E-state index < -0.39 is 6.36 Å². The summed E-state index contributed by atoms with van der Waals surface area (Å²) in [5.74, 6) is -0.274. The second-order valence-corrected chi connectivity index (χ2v) is 3.53. The van der Waals surface area contributed by atoms with E-state index in [1.54, 1.807) is 6.26 Å². The maximum Gasteiger partial charge on any atom is 0.573 e. The molecule has 1 aromatic rings. The third-order valence-corrected chi connectivity index (χ3v) is 2.48. The molecular weight excluding hydrogens is 229 g/mol. The maximum atomic E-state index is 11.9. The zero-order valence-electron chi connectivity index (χ0n) is 7.84. The predicted molar refractivity (Wildman–Crippen MR) is 50.8 cm³/mol. The molecule has 0 aliphatic carbocycles. The largest absolute Gasteiger partial charge is 0.573 e. The van der Waals surface area contributed by atoms with Gasteiger partial charge in [0.15, 0.2) is 0 Å². The second-order valence-electron chi connectivity index (χ2n) is 2.68. The average Bonchev–Trinajstić information content (AvgIpc) is 2.15. The van der Waals surface area contributed by atoms with Gasteiger partial charge in [-0.1, -0.05) is 6.07 Å². The Hall–Kier alpha value is -0.880. The van der Waals surface area contributed by atoms with Crippen molar-refractivity contribution in [2.75, 3.05) is 6.26 Å². The SMILES string of the molecule is CSc1cc(OC(F)(F)F)ccc1CO. The molecule has 0 heterocycles. The van der Waals surface area contributed by atoms with E-state index in [4.69, 9.17) is 5.11 Å². The third kappa shape index (κ3) is 3.64. The summed E-state index contributed by atoms with van der Waals surface area (Å²) >= 11 is 1.25. The number of aliphatic hydroxyl groups is 1. The predicted octanol–water partition coefficient (Wildman–Crippen LogP) is 2.80. The summed E-state index contributed by atoms with van der Waals surface area (Å²) < 4.78 is 39.4. The van der Waals surface area contributed by atoms with Crippen molar-refractivity contribution in [2.24, 2.45) is 0 Å². The Kier molecular flexibility index (Phi) is 3.87. The molecule has 84 valence electrons. The number of hydrogen-bond donors (Lipinski definition) is 1. The average molecular weight is 238 g/mol. The Morgan fingerprint density at radius 1 is 1.40 bits per heavy atom. The van der Waals surface area contributed by atoms with Crippen molar-refractivity contribution in [3.8, 4) is 5.75 Å². The Morgan fingerprint density at radius 3 is 2.53 bits per heavy atom. The van der Waals surface area contributed by atoms with Gasteiger partial charge in [0.05, 0.1) is 6.61 Å². The lowest BCUT2D eigenvalue weighted by molar-refractivity contribution is -0.274. The van der Waals surface area contributed by atoms with Crippen LogP contribution in [0.5, 0.6) is 5.75 Å². The van der Waals surface area contributed by atoms with Crippen molar-refractivity contribution in [3.63, 3.8) is 0 Å². The molecular formula is C9H9F3O2S. The standard InChI is InChI=1S/C9H9F3O2S/c1-15-8-4-7(14-9(10,11)12)3-2-6(8)5-13/h2-4,13H,5H2,1H3. The van der Waals surface area contributed by atoms with E-state index in [2.05, 4.69) is 4.74 Å². The van der Waals surface area contributed by atoms with Crippen LogP contribution >= 0.6 is 11.8 Å². The number of rotatable bonds is 3. The van der Waals surface area contributed by atoms with Crippen LogP contribution in [0.25, 0.3) is 0 Å². The van der Waals surface area contributed by atoms with Crippen LogP contribution in [0.3, 0.4) is 0 Å². The van der Waals surface area contributed by atoms with Gasteiger partial charge in [-0.15, -0.1) is 24.9 Å². The molecule has 0 amide bonds. The highest BCUT2D eigenvalue weighted by Crippen LogP contribution is 2.29. The summed E-state index contributed by atoms with van der Waals surface area (Å²) in [6.07, 6.45) is -2.97. The number of aliphatic hydroxyl groups excluding tert-OH is 1. The molecule has 2 nitrogen and oxygen atoms in total. The number of ether oxygens (including phenoxy) is 1. The Bertz CT molecular complexity index is 339. The number of halogens is 3. The first kappa shape index (κ1) is 12.2. The minimum atomic E-state index is -4.68. The van der Waals surface area contributed by atoms with Crippen LogP contribution in [0.1, 0.15) is 5.56 Å². The molecule has 0 unspecified atom stereocenters. The first-order valence-corrected chi connectivity index (χ1v) is 5.22. The van der Waals surface area contributed by atoms with Gasteiger partial charge in [0.25, 0.3) is 0 Å². The lowest BCUT2D eigenvalue weighted by Gasteiger charge is -2.11. The lowest BCUT2D eigenvalue weighted by atomic mass is 10.2. The van der Waals surface area contributed by atoms with Gasteiger partial charge in [0.1, 0.15) is 5.75 Å². The molecule has 1 rings (SSSR count). The second kappa shape index (κ2) is 4.76. The molecule has 1 N–H and O–H groups in total. The van der Waals surface area contributed by atoms with Gasteiger partial charge < -0.3 is 9.84 Å². The fourth-order valence-electron chi connectivity index (χ4n) is 1.05. The lowest BCUT2D eigenvalue weighted by Crippen LogP contribution is -2.17. The molecule has 0 atom stereocenters. The van der Waals surface area contributed by atoms with E-state index in [0.29, 0.717) is 10.5 Å². The molecule has 0 saturated carbocycles. The van der Waals surface area contributed by atoms with E-state index >= 15 is 0 Å². The highest BCUT2D eigenvalue weighted by atomic mass is 32.2. The van der Waals surface area contributed by atoms with E-state index in [1.165, 1.54) is 30.0 Å². The zero-order valence-corrected chi connectivity index (χ0v) is 8.65. The number of hydrogen-bond acceptors (Lipinski definition) is 3. The Labute approximate surface area is 89.1 Å². The van der Waals surface area contributed by atoms with Crippen LogP contribution in [0, 0.1) is 0 Å². The molecule has 0 saturated heterocycles. The van der Waals surface area contributed by atoms with Crippen LogP contribution < -0.4 is 4.74 Å². The van der Waals surface area contributed by atoms with Crippen LogP contribution in [0.2, 0.25) is 0 Å². The fraction of sp³-hybridized carbons (Fsp3) is 0.333. The van der Waals surface area contributed by atoms with Gasteiger partial charge in [-0.2, -0.15) is 0 Å². The van der Waals surface area contributed by atoms with Gasteiger partial charge in [-0.05, 0) is 24.0 Å². The first-order chi connectivity index (χ1) is 6.96. The quantitative estimate of drug-likeness (QED) is 0.821. The van der Waals surface area contributed by atoms with E-state index in [9.17, 15) is 13.2 Å². The molecule has 0 radical (unpaired) electrons. The van der Waals surface area contributed by atoms with E-state index in [1.807, 2.05) is 0 Å². The summed E-state index contributed by atoms with van der Waals surface area (Å²) in [4.78, 5) is 0.569. The maximum absolute atomic E-state index is 11.9. The number of benzene rings is 1. The zero-order chi connectivity index (χ0) is 11.5. The minimum absolute atomic E-state index is 0.206. The number of alkyl halides is 3. The molecule has 0 aliphatic rings. The first-order valence-electron chi connectivity index (χ1n) is 4.00. The minimum Gasteiger partial charge on any atom is -0.406 e. The molecule has 1 aromatic carbocycles. The fourth-order valence-corrected chi connectivity index (χ4v) is 1.68. The number of thioether (sulfide) groups is 1. The van der Waals surface area contributed by atoms with Crippen LogP contribution in [0.4, 0.5) is 13.2 Å². The highest BCUT2D eigenvalue weighted by molar-refractivity contribution is 7.98. The van der Waals surface area contributed by atoms with Gasteiger partial charge in [0.2, 0.25) is 0 Å². The van der Waals surface area contributed by atoms with Crippen LogP contribution in [-0.2, 0) is 6.61 Å². The summed E-state index contributed by atoms with van der Waals surface area (Å²) in [7, 11) is 0. The van der Waals surface area contributed by atoms with Crippen molar-refractivity contribution >= 4 is 11.8 Å².